The van der Waals surface area contributed by atoms with Crippen LogP contribution in [0.5, 0.6) is 23.0 Å². The molecule has 0 aromatic heterocycles. The van der Waals surface area contributed by atoms with Crippen LogP contribution in [0.3, 0.4) is 0 Å². The first-order chi connectivity index (χ1) is 13.3. The van der Waals surface area contributed by atoms with Crippen LogP contribution in [-0.2, 0) is 14.8 Å². The molecule has 0 saturated carbocycles. The second kappa shape index (κ2) is 7.69. The molecule has 0 unspecified atom stereocenters. The van der Waals surface area contributed by atoms with E-state index in [0.717, 1.165) is 6.08 Å². The molecule has 3 rings (SSSR count). The highest BCUT2D eigenvalue weighted by atomic mass is 32.2. The number of hydrogen-bond donors (Lipinski definition) is 2. The topological polar surface area (TPSA) is 120 Å². The fourth-order valence-corrected chi connectivity index (χ4v) is 3.85. The zero-order chi connectivity index (χ0) is 20.3. The maximum absolute atomic E-state index is 13.0. The van der Waals surface area contributed by atoms with Crippen LogP contribution in [0, 0.1) is 0 Å². The molecule has 2 aromatic rings. The van der Waals surface area contributed by atoms with E-state index in [2.05, 4.69) is 4.72 Å². The Hall–Kier alpha value is -3.40. The predicted octanol–water partition coefficient (Wildman–Crippen LogP) is 2.33. The highest BCUT2D eigenvalue weighted by Crippen LogP contribution is 2.38. The van der Waals surface area contributed by atoms with Gasteiger partial charge in [-0.05, 0) is 35.9 Å². The Morgan fingerprint density at radius 3 is 2.57 bits per heavy atom. The van der Waals surface area contributed by atoms with Gasteiger partial charge in [-0.2, -0.15) is 0 Å². The van der Waals surface area contributed by atoms with Crippen molar-refractivity contribution in [3.05, 3.63) is 42.0 Å². The minimum atomic E-state index is -4.10. The molecule has 2 N–H and O–H groups in total. The van der Waals surface area contributed by atoms with E-state index in [9.17, 15) is 13.2 Å². The molecule has 1 heterocycles. The van der Waals surface area contributed by atoms with Gasteiger partial charge in [0.1, 0.15) is 4.90 Å². The number of carbonyl (C=O) groups is 1. The summed E-state index contributed by atoms with van der Waals surface area (Å²) in [5.74, 6) is -0.104. The number of ether oxygens (including phenoxy) is 4. The average molecular weight is 407 g/mol. The van der Waals surface area contributed by atoms with Gasteiger partial charge >= 0.3 is 5.97 Å². The number of sulfonamides is 1. The van der Waals surface area contributed by atoms with Gasteiger partial charge in [0, 0.05) is 12.1 Å². The van der Waals surface area contributed by atoms with E-state index in [0.29, 0.717) is 17.1 Å². The molecule has 28 heavy (non-hydrogen) atoms. The van der Waals surface area contributed by atoms with Gasteiger partial charge < -0.3 is 24.1 Å². The first-order valence-electron chi connectivity index (χ1n) is 7.93. The van der Waals surface area contributed by atoms with Crippen LogP contribution in [0.15, 0.2) is 41.3 Å². The Labute approximate surface area is 161 Å². The second-order valence-corrected chi connectivity index (χ2v) is 7.25. The smallest absolute Gasteiger partial charge is 0.328 e. The molecular weight excluding hydrogens is 390 g/mol. The highest BCUT2D eigenvalue weighted by molar-refractivity contribution is 7.92. The van der Waals surface area contributed by atoms with E-state index in [1.807, 2.05) is 0 Å². The van der Waals surface area contributed by atoms with Crippen LogP contribution < -0.4 is 23.7 Å². The number of fused-ring (bicyclic) bond motifs is 1. The fraction of sp³-hybridized carbons (Fsp3) is 0.167. The number of carboxylic acids is 1. The lowest BCUT2D eigenvalue weighted by atomic mass is 10.2. The highest BCUT2D eigenvalue weighted by Gasteiger charge is 2.25. The van der Waals surface area contributed by atoms with Crippen LogP contribution in [0.4, 0.5) is 5.69 Å². The van der Waals surface area contributed by atoms with Gasteiger partial charge in [0.2, 0.25) is 6.79 Å². The molecule has 2 aromatic carbocycles. The van der Waals surface area contributed by atoms with Crippen LogP contribution in [-0.4, -0.2) is 40.5 Å². The lowest BCUT2D eigenvalue weighted by Gasteiger charge is -2.15. The number of rotatable bonds is 7. The maximum Gasteiger partial charge on any atom is 0.328 e. The Bertz CT molecular complexity index is 1050. The Morgan fingerprint density at radius 2 is 1.89 bits per heavy atom. The zero-order valence-electron chi connectivity index (χ0n) is 15.0. The van der Waals surface area contributed by atoms with Gasteiger partial charge in [0.15, 0.2) is 23.0 Å². The van der Waals surface area contributed by atoms with Crippen molar-refractivity contribution in [1.82, 2.24) is 0 Å². The van der Waals surface area contributed by atoms with Gasteiger partial charge in [-0.3, -0.25) is 4.72 Å². The first-order valence-corrected chi connectivity index (χ1v) is 9.42. The van der Waals surface area contributed by atoms with Gasteiger partial charge in [-0.25, -0.2) is 13.2 Å². The van der Waals surface area contributed by atoms with Crippen LogP contribution in [0.1, 0.15) is 5.56 Å². The number of anilines is 1. The molecule has 1 aliphatic rings. The van der Waals surface area contributed by atoms with Crippen LogP contribution in [0.2, 0.25) is 0 Å². The molecule has 0 bridgehead atoms. The van der Waals surface area contributed by atoms with Crippen molar-refractivity contribution in [3.8, 4) is 23.0 Å². The SMILES string of the molecule is COc1cc(C=CC(=O)O)cc(S(=O)(=O)Nc2ccc3c(c2)OCO3)c1OC. The lowest BCUT2D eigenvalue weighted by molar-refractivity contribution is -0.131. The summed E-state index contributed by atoms with van der Waals surface area (Å²) < 4.78 is 49.3. The first kappa shape index (κ1) is 19.4. The monoisotopic (exact) mass is 407 g/mol. The van der Waals surface area contributed by atoms with Crippen molar-refractivity contribution < 1.29 is 37.3 Å². The van der Waals surface area contributed by atoms with E-state index in [-0.39, 0.29) is 28.9 Å². The third-order valence-electron chi connectivity index (χ3n) is 3.80. The zero-order valence-corrected chi connectivity index (χ0v) is 15.8. The molecule has 0 spiro atoms. The van der Waals surface area contributed by atoms with E-state index >= 15 is 0 Å². The largest absolute Gasteiger partial charge is 0.493 e. The van der Waals surface area contributed by atoms with Gasteiger partial charge in [-0.1, -0.05) is 0 Å². The van der Waals surface area contributed by atoms with Gasteiger partial charge in [0.05, 0.1) is 19.9 Å². The molecule has 0 saturated heterocycles. The van der Waals surface area contributed by atoms with E-state index in [1.165, 1.54) is 44.6 Å². The molecule has 0 aliphatic carbocycles. The normalized spacial score (nSPS) is 12.8. The van der Waals surface area contributed by atoms with E-state index in [4.69, 9.17) is 24.1 Å². The molecule has 9 nitrogen and oxygen atoms in total. The van der Waals surface area contributed by atoms with E-state index < -0.39 is 16.0 Å². The Kier molecular flexibility index (Phi) is 5.32. The summed E-state index contributed by atoms with van der Waals surface area (Å²) in [5.41, 5.74) is 0.572. The van der Waals surface area contributed by atoms with E-state index in [1.54, 1.807) is 6.07 Å². The summed E-state index contributed by atoms with van der Waals surface area (Å²) in [4.78, 5) is 10.6. The molecule has 148 valence electrons. The van der Waals surface area contributed by atoms with Crippen molar-refractivity contribution in [2.75, 3.05) is 25.7 Å². The van der Waals surface area contributed by atoms with Crippen LogP contribution in [0.25, 0.3) is 6.08 Å². The number of benzene rings is 2. The third kappa shape index (κ3) is 3.96. The quantitative estimate of drug-likeness (QED) is 0.671. The molecule has 10 heteroatoms. The number of methoxy groups -OCH3 is 2. The molecule has 1 aliphatic heterocycles. The van der Waals surface area contributed by atoms with Crippen molar-refractivity contribution in [1.29, 1.82) is 0 Å². The standard InChI is InChI=1S/C18H17NO8S/c1-24-15-7-11(3-6-17(20)21)8-16(18(15)25-2)28(22,23)19-12-4-5-13-14(9-12)27-10-26-13/h3-9,19H,10H2,1-2H3,(H,20,21). The maximum atomic E-state index is 13.0. The van der Waals surface area contributed by atoms with Crippen LogP contribution >= 0.6 is 0 Å². The average Bonchev–Trinajstić information content (AvgIpc) is 3.12. The van der Waals surface area contributed by atoms with Crippen molar-refractivity contribution >= 4 is 27.8 Å². The van der Waals surface area contributed by atoms with Gasteiger partial charge in [-0.15, -0.1) is 0 Å². The van der Waals surface area contributed by atoms with Crippen molar-refractivity contribution in [3.63, 3.8) is 0 Å². The van der Waals surface area contributed by atoms with Gasteiger partial charge in [0.25, 0.3) is 10.0 Å². The summed E-state index contributed by atoms with van der Waals surface area (Å²) in [6.45, 7) is 0.0640. The minimum Gasteiger partial charge on any atom is -0.493 e. The molecule has 0 atom stereocenters. The van der Waals surface area contributed by atoms with Crippen molar-refractivity contribution in [2.24, 2.45) is 0 Å². The number of carboxylic acid groups (broad SMARTS) is 1. The predicted molar refractivity (Wildman–Crippen MR) is 99.6 cm³/mol. The summed E-state index contributed by atoms with van der Waals surface area (Å²) in [7, 11) is -1.44. The van der Waals surface area contributed by atoms with Crippen molar-refractivity contribution in [2.45, 2.75) is 4.90 Å². The number of aliphatic carboxylic acids is 1. The molecule has 0 radical (unpaired) electrons. The molecule has 0 fully saturated rings. The third-order valence-corrected chi connectivity index (χ3v) is 5.19. The summed E-state index contributed by atoms with van der Waals surface area (Å²) in [5, 5.41) is 8.81. The lowest BCUT2D eigenvalue weighted by Crippen LogP contribution is -2.15. The number of hydrogen-bond acceptors (Lipinski definition) is 7. The fourth-order valence-electron chi connectivity index (χ4n) is 2.58. The number of nitrogens with one attached hydrogen (secondary N) is 1. The Balaban J connectivity index is 2.03. The molecular formula is C18H17NO8S. The summed E-state index contributed by atoms with van der Waals surface area (Å²) in [6.07, 6.45) is 2.15. The summed E-state index contributed by atoms with van der Waals surface area (Å²) >= 11 is 0. The Morgan fingerprint density at radius 1 is 1.14 bits per heavy atom. The summed E-state index contributed by atoms with van der Waals surface area (Å²) in [6, 6.07) is 7.37. The second-order valence-electron chi connectivity index (χ2n) is 5.60. The molecule has 0 amide bonds. The minimum absolute atomic E-state index is 0.0109.